The molecule has 3 rings (SSSR count). The Hall–Kier alpha value is -2.18. The molecule has 1 aliphatic heterocycles. The average molecular weight is 288 g/mol. The fourth-order valence-electron chi connectivity index (χ4n) is 2.59. The topological polar surface area (TPSA) is 67.2 Å². The van der Waals surface area contributed by atoms with E-state index in [9.17, 15) is 4.79 Å². The van der Waals surface area contributed by atoms with E-state index in [2.05, 4.69) is 35.8 Å². The van der Waals surface area contributed by atoms with Gasteiger partial charge in [0.2, 0.25) is 5.91 Å². The molecule has 0 atom stereocenters. The summed E-state index contributed by atoms with van der Waals surface area (Å²) in [6.45, 7) is 9.88. The predicted octanol–water partition coefficient (Wildman–Crippen LogP) is 1.21. The van der Waals surface area contributed by atoms with Crippen LogP contribution >= 0.6 is 0 Å². The van der Waals surface area contributed by atoms with E-state index in [-0.39, 0.29) is 11.4 Å². The number of likely N-dealkylation sites (N-methyl/N-ethyl adjacent to an activating group) is 1. The molecule has 112 valence electrons. The van der Waals surface area contributed by atoms with E-state index in [1.807, 2.05) is 21.4 Å². The molecule has 7 heteroatoms. The summed E-state index contributed by atoms with van der Waals surface area (Å²) in [5.74, 6) is 0.910. The average Bonchev–Trinajstić information content (AvgIpc) is 3.00. The highest BCUT2D eigenvalue weighted by Gasteiger charge is 2.29. The van der Waals surface area contributed by atoms with E-state index in [0.717, 1.165) is 16.9 Å². The van der Waals surface area contributed by atoms with Crippen molar-refractivity contribution in [1.82, 2.24) is 24.6 Å². The second-order valence-electron chi connectivity index (χ2n) is 6.25. The minimum atomic E-state index is -0.149. The summed E-state index contributed by atoms with van der Waals surface area (Å²) >= 11 is 0. The van der Waals surface area contributed by atoms with Crippen molar-refractivity contribution in [1.29, 1.82) is 0 Å². The van der Waals surface area contributed by atoms with Gasteiger partial charge < -0.3 is 9.80 Å². The van der Waals surface area contributed by atoms with E-state index in [4.69, 9.17) is 0 Å². The molecule has 1 amide bonds. The lowest BCUT2D eigenvalue weighted by atomic mass is 10.1. The maximum atomic E-state index is 11.9. The number of hydrogen-bond acceptors (Lipinski definition) is 5. The van der Waals surface area contributed by atoms with Crippen molar-refractivity contribution in [3.05, 3.63) is 12.5 Å². The molecule has 2 aromatic heterocycles. The molecule has 0 radical (unpaired) electrons. The molecule has 7 nitrogen and oxygen atoms in total. The zero-order chi connectivity index (χ0) is 15.2. The monoisotopic (exact) mass is 288 g/mol. The summed E-state index contributed by atoms with van der Waals surface area (Å²) in [6, 6.07) is 0. The van der Waals surface area contributed by atoms with Crippen molar-refractivity contribution in [3.8, 4) is 0 Å². The molecule has 1 aliphatic rings. The van der Waals surface area contributed by atoms with Gasteiger partial charge in [0, 0.05) is 6.54 Å². The maximum Gasteiger partial charge on any atom is 0.243 e. The Bertz CT molecular complexity index is 686. The van der Waals surface area contributed by atoms with Gasteiger partial charge in [-0.15, -0.1) is 0 Å². The summed E-state index contributed by atoms with van der Waals surface area (Å²) in [5.41, 5.74) is 0.652. The van der Waals surface area contributed by atoms with Gasteiger partial charge in [0.15, 0.2) is 5.65 Å². The fourth-order valence-corrected chi connectivity index (χ4v) is 2.59. The van der Waals surface area contributed by atoms with Crippen LogP contribution < -0.4 is 4.90 Å². The number of amides is 1. The number of carbonyl (C=O) groups is 1. The van der Waals surface area contributed by atoms with Gasteiger partial charge in [-0.2, -0.15) is 5.10 Å². The summed E-state index contributed by atoms with van der Waals surface area (Å²) in [7, 11) is 0. The van der Waals surface area contributed by atoms with Crippen LogP contribution in [-0.2, 0) is 10.3 Å². The van der Waals surface area contributed by atoms with Crippen LogP contribution in [0.1, 0.15) is 27.7 Å². The largest absolute Gasteiger partial charge is 0.329 e. The molecule has 0 bridgehead atoms. The molecule has 1 fully saturated rings. The molecule has 0 spiro atoms. The number of fused-ring (bicyclic) bond motifs is 1. The lowest BCUT2D eigenvalue weighted by molar-refractivity contribution is -0.126. The Labute approximate surface area is 123 Å². The second kappa shape index (κ2) is 4.68. The van der Waals surface area contributed by atoms with Crippen molar-refractivity contribution in [3.63, 3.8) is 0 Å². The van der Waals surface area contributed by atoms with Crippen LogP contribution in [0.3, 0.4) is 0 Å². The first-order valence-electron chi connectivity index (χ1n) is 7.13. The summed E-state index contributed by atoms with van der Waals surface area (Å²) in [4.78, 5) is 24.4. The number of nitrogens with zero attached hydrogens (tertiary/aromatic N) is 6. The Morgan fingerprint density at radius 1 is 1.29 bits per heavy atom. The van der Waals surface area contributed by atoms with E-state index in [1.165, 1.54) is 0 Å². The van der Waals surface area contributed by atoms with Gasteiger partial charge in [-0.25, -0.2) is 14.6 Å². The Balaban J connectivity index is 2.05. The van der Waals surface area contributed by atoms with Crippen LogP contribution in [-0.4, -0.2) is 50.3 Å². The maximum absolute atomic E-state index is 11.9. The molecule has 1 saturated heterocycles. The number of hydrogen-bond donors (Lipinski definition) is 0. The number of carbonyl (C=O) groups excluding carboxylic acids is 1. The van der Waals surface area contributed by atoms with Crippen LogP contribution in [0.15, 0.2) is 12.5 Å². The fraction of sp³-hybridized carbons (Fsp3) is 0.571. The van der Waals surface area contributed by atoms with Crippen molar-refractivity contribution < 1.29 is 4.79 Å². The molecule has 0 saturated carbocycles. The third kappa shape index (κ3) is 2.22. The summed E-state index contributed by atoms with van der Waals surface area (Å²) in [6.07, 6.45) is 3.33. The van der Waals surface area contributed by atoms with Crippen molar-refractivity contribution in [2.24, 2.45) is 0 Å². The predicted molar refractivity (Wildman–Crippen MR) is 79.9 cm³/mol. The molecular formula is C14H20N6O. The van der Waals surface area contributed by atoms with Gasteiger partial charge in [0.25, 0.3) is 0 Å². The minimum absolute atomic E-state index is 0.132. The lowest BCUT2D eigenvalue weighted by Gasteiger charge is -2.20. The van der Waals surface area contributed by atoms with Gasteiger partial charge in [-0.05, 0) is 27.7 Å². The smallest absolute Gasteiger partial charge is 0.243 e. The lowest BCUT2D eigenvalue weighted by Crippen LogP contribution is -2.27. The summed E-state index contributed by atoms with van der Waals surface area (Å²) < 4.78 is 1.89. The molecule has 0 aliphatic carbocycles. The van der Waals surface area contributed by atoms with Crippen molar-refractivity contribution in [2.45, 2.75) is 33.2 Å². The Kier molecular flexibility index (Phi) is 3.07. The molecule has 0 N–H and O–H groups in total. The SMILES string of the molecule is CCN1CN(c2ncnc3c2cnn3C(C)(C)C)CC1=O. The van der Waals surface area contributed by atoms with E-state index in [1.54, 1.807) is 12.5 Å². The van der Waals surface area contributed by atoms with Crippen LogP contribution in [0.2, 0.25) is 0 Å². The first-order valence-corrected chi connectivity index (χ1v) is 7.13. The van der Waals surface area contributed by atoms with Crippen LogP contribution in [0.5, 0.6) is 0 Å². The highest BCUT2D eigenvalue weighted by Crippen LogP contribution is 2.27. The second-order valence-corrected chi connectivity index (χ2v) is 6.25. The van der Waals surface area contributed by atoms with Gasteiger partial charge in [-0.1, -0.05) is 0 Å². The van der Waals surface area contributed by atoms with Gasteiger partial charge >= 0.3 is 0 Å². The summed E-state index contributed by atoms with van der Waals surface area (Å²) in [5, 5.41) is 5.33. The van der Waals surface area contributed by atoms with E-state index < -0.39 is 0 Å². The molecular weight excluding hydrogens is 268 g/mol. The highest BCUT2D eigenvalue weighted by atomic mass is 16.2. The molecule has 0 aromatic carbocycles. The van der Waals surface area contributed by atoms with Gasteiger partial charge in [-0.3, -0.25) is 4.79 Å². The van der Waals surface area contributed by atoms with Crippen molar-refractivity contribution in [2.75, 3.05) is 24.7 Å². The van der Waals surface area contributed by atoms with E-state index >= 15 is 0 Å². The van der Waals surface area contributed by atoms with Gasteiger partial charge in [0.1, 0.15) is 18.7 Å². The third-order valence-electron chi connectivity index (χ3n) is 3.68. The molecule has 2 aromatic rings. The normalized spacial score (nSPS) is 16.3. The van der Waals surface area contributed by atoms with Crippen LogP contribution in [0.25, 0.3) is 11.0 Å². The first-order chi connectivity index (χ1) is 9.91. The zero-order valence-electron chi connectivity index (χ0n) is 12.9. The van der Waals surface area contributed by atoms with Gasteiger partial charge in [0.05, 0.1) is 23.8 Å². The Morgan fingerprint density at radius 3 is 2.67 bits per heavy atom. The quantitative estimate of drug-likeness (QED) is 0.831. The molecule has 3 heterocycles. The molecule has 0 unspecified atom stereocenters. The van der Waals surface area contributed by atoms with E-state index in [0.29, 0.717) is 19.8 Å². The minimum Gasteiger partial charge on any atom is -0.329 e. The third-order valence-corrected chi connectivity index (χ3v) is 3.68. The Morgan fingerprint density at radius 2 is 2.05 bits per heavy atom. The number of aromatic nitrogens is 4. The van der Waals surface area contributed by atoms with Crippen LogP contribution in [0, 0.1) is 0 Å². The molecule has 21 heavy (non-hydrogen) atoms. The standard InChI is InChI=1S/C14H20N6O/c1-5-18-9-19(7-11(18)21)12-10-6-17-20(14(2,3)4)13(10)16-8-15-12/h6,8H,5,7,9H2,1-4H3. The first kappa shape index (κ1) is 13.8. The number of anilines is 1. The zero-order valence-corrected chi connectivity index (χ0v) is 12.9. The van der Waals surface area contributed by atoms with Crippen molar-refractivity contribution >= 4 is 22.8 Å². The van der Waals surface area contributed by atoms with Crippen LogP contribution in [0.4, 0.5) is 5.82 Å². The number of rotatable bonds is 2. The highest BCUT2D eigenvalue weighted by molar-refractivity contribution is 5.91.